The van der Waals surface area contributed by atoms with E-state index in [2.05, 4.69) is 31.3 Å². The number of anilines is 1. The Balaban J connectivity index is 1.77. The molecule has 0 atom stereocenters. The van der Waals surface area contributed by atoms with Gasteiger partial charge in [-0.05, 0) is 53.7 Å². The molecule has 18 heavy (non-hydrogen) atoms. The van der Waals surface area contributed by atoms with Gasteiger partial charge >= 0.3 is 0 Å². The molecule has 96 valence electrons. The first-order chi connectivity index (χ1) is 8.72. The molecule has 1 saturated carbocycles. The summed E-state index contributed by atoms with van der Waals surface area (Å²) >= 11 is 3.48. The molecule has 2 aromatic heterocycles. The lowest BCUT2D eigenvalue weighted by molar-refractivity contribution is 0.410. The van der Waals surface area contributed by atoms with E-state index in [-0.39, 0.29) is 0 Å². The number of nitrogens with two attached hydrogens (primary N) is 1. The first-order valence-corrected chi connectivity index (χ1v) is 7.04. The minimum absolute atomic E-state index is 0.367. The van der Waals surface area contributed by atoms with Crippen molar-refractivity contribution in [2.24, 2.45) is 5.73 Å². The molecule has 0 bridgehead atoms. The molecular formula is C12H16BrN5. The first-order valence-electron chi connectivity index (χ1n) is 6.25. The van der Waals surface area contributed by atoms with Crippen molar-refractivity contribution in [1.29, 1.82) is 0 Å². The molecule has 3 N–H and O–H groups in total. The number of aromatic nitrogens is 3. The van der Waals surface area contributed by atoms with Crippen molar-refractivity contribution in [3.63, 3.8) is 0 Å². The van der Waals surface area contributed by atoms with Crippen LogP contribution in [0.2, 0.25) is 0 Å². The normalized spacial score (nSPS) is 24.3. The van der Waals surface area contributed by atoms with E-state index in [0.717, 1.165) is 35.8 Å². The zero-order valence-corrected chi connectivity index (χ0v) is 11.6. The van der Waals surface area contributed by atoms with Crippen LogP contribution in [0.15, 0.2) is 22.8 Å². The van der Waals surface area contributed by atoms with Gasteiger partial charge < -0.3 is 11.1 Å². The van der Waals surface area contributed by atoms with Crippen molar-refractivity contribution in [3.8, 4) is 0 Å². The second-order valence-corrected chi connectivity index (χ2v) is 5.67. The van der Waals surface area contributed by atoms with Crippen molar-refractivity contribution in [2.75, 3.05) is 5.32 Å². The lowest BCUT2D eigenvalue weighted by Crippen LogP contribution is -2.33. The zero-order valence-electron chi connectivity index (χ0n) is 10.0. The molecule has 5 nitrogen and oxygen atoms in total. The van der Waals surface area contributed by atoms with Gasteiger partial charge in [-0.15, -0.1) is 5.10 Å². The van der Waals surface area contributed by atoms with Gasteiger partial charge in [0.1, 0.15) is 0 Å². The number of hydrogen-bond acceptors (Lipinski definition) is 4. The predicted molar refractivity (Wildman–Crippen MR) is 74.5 cm³/mol. The monoisotopic (exact) mass is 309 g/mol. The van der Waals surface area contributed by atoms with Gasteiger partial charge in [-0.3, -0.25) is 0 Å². The number of nitrogens with zero attached hydrogens (tertiary/aromatic N) is 3. The molecule has 1 aliphatic carbocycles. The molecule has 2 heterocycles. The predicted octanol–water partition coefficient (Wildman–Crippen LogP) is 2.17. The second-order valence-electron chi connectivity index (χ2n) is 4.82. The van der Waals surface area contributed by atoms with Gasteiger partial charge in [0, 0.05) is 18.3 Å². The summed E-state index contributed by atoms with van der Waals surface area (Å²) < 4.78 is 2.73. The quantitative estimate of drug-likeness (QED) is 0.892. The second kappa shape index (κ2) is 4.85. The molecule has 1 aliphatic rings. The van der Waals surface area contributed by atoms with Crippen LogP contribution in [0.1, 0.15) is 25.7 Å². The molecule has 0 aromatic carbocycles. The molecule has 1 fully saturated rings. The molecule has 0 aliphatic heterocycles. The number of pyridine rings is 1. The number of nitrogens with one attached hydrogen (secondary N) is 1. The first kappa shape index (κ1) is 11.9. The number of hydrogen-bond donors (Lipinski definition) is 2. The van der Waals surface area contributed by atoms with Crippen LogP contribution < -0.4 is 11.1 Å². The SMILES string of the molecule is NC1CCC(Nc2nc3c(Br)cccn3n2)CC1. The maximum absolute atomic E-state index is 5.90. The average Bonchev–Trinajstić information content (AvgIpc) is 2.76. The Morgan fingerprint density at radius 3 is 2.83 bits per heavy atom. The molecule has 6 heteroatoms. The van der Waals surface area contributed by atoms with Gasteiger partial charge in [0.05, 0.1) is 4.47 Å². The number of fused-ring (bicyclic) bond motifs is 1. The Labute approximate surface area is 114 Å². The van der Waals surface area contributed by atoms with Gasteiger partial charge in [-0.25, -0.2) is 4.52 Å². The molecule has 0 saturated heterocycles. The van der Waals surface area contributed by atoms with E-state index in [1.807, 2.05) is 18.3 Å². The highest BCUT2D eigenvalue weighted by Gasteiger charge is 2.19. The lowest BCUT2D eigenvalue weighted by atomic mass is 9.92. The van der Waals surface area contributed by atoms with E-state index in [0.29, 0.717) is 18.0 Å². The van der Waals surface area contributed by atoms with Crippen molar-refractivity contribution in [2.45, 2.75) is 37.8 Å². The minimum atomic E-state index is 0.367. The lowest BCUT2D eigenvalue weighted by Gasteiger charge is -2.26. The summed E-state index contributed by atoms with van der Waals surface area (Å²) in [6.45, 7) is 0. The summed E-state index contributed by atoms with van der Waals surface area (Å²) in [5.74, 6) is 0.697. The van der Waals surface area contributed by atoms with Crippen LogP contribution in [0.4, 0.5) is 5.95 Å². The van der Waals surface area contributed by atoms with Gasteiger partial charge in [0.2, 0.25) is 5.95 Å². The fraction of sp³-hybridized carbons (Fsp3) is 0.500. The van der Waals surface area contributed by atoms with E-state index < -0.39 is 0 Å². The van der Waals surface area contributed by atoms with Crippen molar-refractivity contribution >= 4 is 27.5 Å². The highest BCUT2D eigenvalue weighted by molar-refractivity contribution is 9.10. The van der Waals surface area contributed by atoms with Crippen LogP contribution in [0.5, 0.6) is 0 Å². The van der Waals surface area contributed by atoms with E-state index in [1.165, 1.54) is 0 Å². The highest BCUT2D eigenvalue weighted by atomic mass is 79.9. The molecule has 3 rings (SSSR count). The Morgan fingerprint density at radius 1 is 1.33 bits per heavy atom. The van der Waals surface area contributed by atoms with Crippen LogP contribution in [-0.4, -0.2) is 26.7 Å². The zero-order chi connectivity index (χ0) is 12.5. The van der Waals surface area contributed by atoms with Crippen LogP contribution >= 0.6 is 15.9 Å². The smallest absolute Gasteiger partial charge is 0.243 e. The molecule has 0 spiro atoms. The third-order valence-electron chi connectivity index (χ3n) is 3.42. The van der Waals surface area contributed by atoms with Gasteiger partial charge in [0.25, 0.3) is 0 Å². The Kier molecular flexibility index (Phi) is 3.22. The summed E-state index contributed by atoms with van der Waals surface area (Å²) in [5.41, 5.74) is 6.74. The molecule has 0 radical (unpaired) electrons. The van der Waals surface area contributed by atoms with Crippen molar-refractivity contribution in [1.82, 2.24) is 14.6 Å². The molecule has 2 aromatic rings. The fourth-order valence-electron chi connectivity index (χ4n) is 2.38. The van der Waals surface area contributed by atoms with Crippen LogP contribution in [-0.2, 0) is 0 Å². The van der Waals surface area contributed by atoms with Crippen molar-refractivity contribution < 1.29 is 0 Å². The van der Waals surface area contributed by atoms with Crippen LogP contribution in [0.25, 0.3) is 5.65 Å². The van der Waals surface area contributed by atoms with Gasteiger partial charge in [-0.1, -0.05) is 0 Å². The van der Waals surface area contributed by atoms with Crippen LogP contribution in [0.3, 0.4) is 0 Å². The topological polar surface area (TPSA) is 68.2 Å². The van der Waals surface area contributed by atoms with Crippen molar-refractivity contribution in [3.05, 3.63) is 22.8 Å². The highest BCUT2D eigenvalue weighted by Crippen LogP contribution is 2.21. The third-order valence-corrected chi connectivity index (χ3v) is 4.04. The fourth-order valence-corrected chi connectivity index (χ4v) is 2.80. The number of halogens is 1. The third kappa shape index (κ3) is 2.35. The average molecular weight is 310 g/mol. The largest absolute Gasteiger partial charge is 0.350 e. The summed E-state index contributed by atoms with van der Waals surface area (Å²) in [4.78, 5) is 4.49. The number of rotatable bonds is 2. The van der Waals surface area contributed by atoms with Crippen LogP contribution in [0, 0.1) is 0 Å². The van der Waals surface area contributed by atoms with E-state index in [1.54, 1.807) is 4.52 Å². The maximum Gasteiger partial charge on any atom is 0.243 e. The van der Waals surface area contributed by atoms with E-state index in [9.17, 15) is 0 Å². The Morgan fingerprint density at radius 2 is 2.11 bits per heavy atom. The summed E-state index contributed by atoms with van der Waals surface area (Å²) in [7, 11) is 0. The molecular weight excluding hydrogens is 294 g/mol. The van der Waals surface area contributed by atoms with E-state index >= 15 is 0 Å². The van der Waals surface area contributed by atoms with Gasteiger partial charge in [-0.2, -0.15) is 4.98 Å². The standard InChI is InChI=1S/C12H16BrN5/c13-10-2-1-7-18-11(10)16-12(17-18)15-9-5-3-8(14)4-6-9/h1-2,7-9H,3-6,14H2,(H,15,17). The molecule has 0 amide bonds. The van der Waals surface area contributed by atoms with E-state index in [4.69, 9.17) is 5.73 Å². The summed E-state index contributed by atoms with van der Waals surface area (Å²) in [6.07, 6.45) is 6.24. The Hall–Kier alpha value is -1.14. The Bertz CT molecular complexity index is 544. The summed E-state index contributed by atoms with van der Waals surface area (Å²) in [6, 6.07) is 4.72. The van der Waals surface area contributed by atoms with Gasteiger partial charge in [0.15, 0.2) is 5.65 Å². The minimum Gasteiger partial charge on any atom is -0.350 e. The maximum atomic E-state index is 5.90. The summed E-state index contributed by atoms with van der Waals surface area (Å²) in [5, 5.41) is 7.82. The molecule has 0 unspecified atom stereocenters.